The van der Waals surface area contributed by atoms with Crippen molar-refractivity contribution in [3.8, 4) is 0 Å². The molecule has 0 rings (SSSR count). The molecule has 0 radical (unpaired) electrons. The van der Waals surface area contributed by atoms with Crippen LogP contribution in [0.1, 0.15) is 60.3 Å². The topological polar surface area (TPSA) is 49.4 Å². The molecule has 0 aromatic rings. The van der Waals surface area contributed by atoms with Crippen LogP contribution in [0, 0.1) is 0 Å². The number of rotatable bonds is 6. The third kappa shape index (κ3) is 7.30. The summed E-state index contributed by atoms with van der Waals surface area (Å²) < 4.78 is 0. The SMILES string of the molecule is CCCCN(CCCC)C(=O)C(=O)NC(C)(C)C. The molecule has 0 saturated heterocycles. The Bertz CT molecular complexity index is 261. The fourth-order valence-corrected chi connectivity index (χ4v) is 1.55. The van der Waals surface area contributed by atoms with Gasteiger partial charge in [0.25, 0.3) is 0 Å². The summed E-state index contributed by atoms with van der Waals surface area (Å²) in [4.78, 5) is 25.5. The van der Waals surface area contributed by atoms with Gasteiger partial charge in [-0.3, -0.25) is 9.59 Å². The number of amides is 2. The molecule has 4 nitrogen and oxygen atoms in total. The highest BCUT2D eigenvalue weighted by Gasteiger charge is 2.24. The summed E-state index contributed by atoms with van der Waals surface area (Å²) in [5, 5.41) is 2.72. The second-order valence-electron chi connectivity index (χ2n) is 5.70. The first kappa shape index (κ1) is 16.9. The summed E-state index contributed by atoms with van der Waals surface area (Å²) in [6.07, 6.45) is 3.93. The minimum absolute atomic E-state index is 0.367. The van der Waals surface area contributed by atoms with Crippen molar-refractivity contribution < 1.29 is 9.59 Å². The fourth-order valence-electron chi connectivity index (χ4n) is 1.55. The predicted octanol–water partition coefficient (Wildman–Crippen LogP) is 2.33. The molecule has 0 fully saturated rings. The van der Waals surface area contributed by atoms with E-state index in [1.54, 1.807) is 4.90 Å². The Balaban J connectivity index is 4.47. The predicted molar refractivity (Wildman–Crippen MR) is 74.3 cm³/mol. The van der Waals surface area contributed by atoms with Crippen molar-refractivity contribution in [2.45, 2.75) is 65.8 Å². The lowest BCUT2D eigenvalue weighted by Crippen LogP contribution is -2.50. The largest absolute Gasteiger partial charge is 0.343 e. The van der Waals surface area contributed by atoms with Gasteiger partial charge in [-0.2, -0.15) is 0 Å². The van der Waals surface area contributed by atoms with Gasteiger partial charge < -0.3 is 10.2 Å². The van der Waals surface area contributed by atoms with E-state index in [1.165, 1.54) is 0 Å². The van der Waals surface area contributed by atoms with Crippen molar-refractivity contribution in [3.63, 3.8) is 0 Å². The highest BCUT2D eigenvalue weighted by atomic mass is 16.2. The standard InChI is InChI=1S/C14H28N2O2/c1-6-8-10-16(11-9-7-2)13(18)12(17)15-14(3,4)5/h6-11H2,1-5H3,(H,15,17). The number of carbonyl (C=O) groups is 2. The molecule has 18 heavy (non-hydrogen) atoms. The number of hydrogen-bond donors (Lipinski definition) is 1. The minimum atomic E-state index is -0.491. The van der Waals surface area contributed by atoms with Gasteiger partial charge in [0.2, 0.25) is 0 Å². The second kappa shape index (κ2) is 8.11. The second-order valence-corrected chi connectivity index (χ2v) is 5.70. The van der Waals surface area contributed by atoms with Gasteiger partial charge >= 0.3 is 11.8 Å². The molecule has 0 heterocycles. The Morgan fingerprint density at radius 2 is 1.44 bits per heavy atom. The summed E-state index contributed by atoms with van der Waals surface area (Å²) >= 11 is 0. The Kier molecular flexibility index (Phi) is 7.64. The molecule has 0 spiro atoms. The van der Waals surface area contributed by atoms with Crippen LogP contribution in [0.3, 0.4) is 0 Å². The molecule has 0 aliphatic heterocycles. The summed E-state index contributed by atoms with van der Waals surface area (Å²) in [7, 11) is 0. The lowest BCUT2D eigenvalue weighted by molar-refractivity contribution is -0.146. The average Bonchev–Trinajstić information content (AvgIpc) is 2.26. The highest BCUT2D eigenvalue weighted by Crippen LogP contribution is 2.03. The van der Waals surface area contributed by atoms with E-state index < -0.39 is 11.8 Å². The van der Waals surface area contributed by atoms with E-state index in [1.807, 2.05) is 20.8 Å². The van der Waals surface area contributed by atoms with Crippen LogP contribution >= 0.6 is 0 Å². The van der Waals surface area contributed by atoms with E-state index >= 15 is 0 Å². The van der Waals surface area contributed by atoms with E-state index in [2.05, 4.69) is 19.2 Å². The van der Waals surface area contributed by atoms with Crippen molar-refractivity contribution in [1.29, 1.82) is 0 Å². The Labute approximate surface area is 111 Å². The number of hydrogen-bond acceptors (Lipinski definition) is 2. The van der Waals surface area contributed by atoms with Gasteiger partial charge in [0.05, 0.1) is 0 Å². The van der Waals surface area contributed by atoms with Gasteiger partial charge in [0, 0.05) is 18.6 Å². The van der Waals surface area contributed by atoms with Crippen LogP contribution in [0.25, 0.3) is 0 Å². The van der Waals surface area contributed by atoms with Crippen LogP contribution in [-0.2, 0) is 9.59 Å². The molecule has 0 aromatic carbocycles. The van der Waals surface area contributed by atoms with Gasteiger partial charge in [0.1, 0.15) is 0 Å². The Morgan fingerprint density at radius 3 is 1.78 bits per heavy atom. The Hall–Kier alpha value is -1.06. The third-order valence-corrected chi connectivity index (χ3v) is 2.53. The van der Waals surface area contributed by atoms with Gasteiger partial charge in [-0.15, -0.1) is 0 Å². The van der Waals surface area contributed by atoms with E-state index in [9.17, 15) is 9.59 Å². The molecule has 0 unspecified atom stereocenters. The van der Waals surface area contributed by atoms with Gasteiger partial charge in [-0.1, -0.05) is 26.7 Å². The monoisotopic (exact) mass is 256 g/mol. The molecule has 0 saturated carbocycles. The average molecular weight is 256 g/mol. The van der Waals surface area contributed by atoms with E-state index in [0.29, 0.717) is 13.1 Å². The van der Waals surface area contributed by atoms with Crippen LogP contribution in [0.5, 0.6) is 0 Å². The maximum absolute atomic E-state index is 12.0. The summed E-state index contributed by atoms with van der Waals surface area (Å²) in [5.41, 5.74) is -0.367. The van der Waals surface area contributed by atoms with Crippen LogP contribution in [0.4, 0.5) is 0 Å². The van der Waals surface area contributed by atoms with Crippen molar-refractivity contribution >= 4 is 11.8 Å². The first-order chi connectivity index (χ1) is 8.31. The fraction of sp³-hybridized carbons (Fsp3) is 0.857. The Morgan fingerprint density at radius 1 is 1.00 bits per heavy atom. The zero-order valence-electron chi connectivity index (χ0n) is 12.5. The number of unbranched alkanes of at least 4 members (excludes halogenated alkanes) is 2. The molecule has 0 aromatic heterocycles. The molecule has 1 N–H and O–H groups in total. The summed E-state index contributed by atoms with van der Waals surface area (Å²) in [5.74, 6) is -0.887. The van der Waals surface area contributed by atoms with Crippen molar-refractivity contribution in [3.05, 3.63) is 0 Å². The van der Waals surface area contributed by atoms with Crippen LogP contribution in [0.15, 0.2) is 0 Å². The normalized spacial score (nSPS) is 11.2. The number of carbonyl (C=O) groups excluding carboxylic acids is 2. The molecule has 0 atom stereocenters. The van der Waals surface area contributed by atoms with Crippen molar-refractivity contribution in [2.75, 3.05) is 13.1 Å². The minimum Gasteiger partial charge on any atom is -0.343 e. The van der Waals surface area contributed by atoms with E-state index in [4.69, 9.17) is 0 Å². The maximum atomic E-state index is 12.0. The van der Waals surface area contributed by atoms with Crippen LogP contribution < -0.4 is 5.32 Å². The van der Waals surface area contributed by atoms with Crippen molar-refractivity contribution in [2.24, 2.45) is 0 Å². The molecule has 0 aliphatic carbocycles. The van der Waals surface area contributed by atoms with E-state index in [0.717, 1.165) is 25.7 Å². The van der Waals surface area contributed by atoms with Gasteiger partial charge in [-0.25, -0.2) is 0 Å². The molecular formula is C14H28N2O2. The molecular weight excluding hydrogens is 228 g/mol. The lowest BCUT2D eigenvalue weighted by atomic mass is 10.1. The number of nitrogens with one attached hydrogen (secondary N) is 1. The molecule has 0 bridgehead atoms. The lowest BCUT2D eigenvalue weighted by Gasteiger charge is -2.25. The smallest absolute Gasteiger partial charge is 0.311 e. The van der Waals surface area contributed by atoms with Crippen LogP contribution in [0.2, 0.25) is 0 Å². The zero-order valence-corrected chi connectivity index (χ0v) is 12.5. The van der Waals surface area contributed by atoms with E-state index in [-0.39, 0.29) is 5.54 Å². The molecule has 106 valence electrons. The third-order valence-electron chi connectivity index (χ3n) is 2.53. The van der Waals surface area contributed by atoms with Crippen LogP contribution in [-0.4, -0.2) is 35.3 Å². The highest BCUT2D eigenvalue weighted by molar-refractivity contribution is 6.35. The molecule has 2 amide bonds. The summed E-state index contributed by atoms with van der Waals surface area (Å²) in [6.45, 7) is 11.1. The number of nitrogens with zero attached hydrogens (tertiary/aromatic N) is 1. The summed E-state index contributed by atoms with van der Waals surface area (Å²) in [6, 6.07) is 0. The molecule has 4 heteroatoms. The van der Waals surface area contributed by atoms with Gasteiger partial charge in [-0.05, 0) is 33.6 Å². The first-order valence-corrected chi connectivity index (χ1v) is 6.93. The van der Waals surface area contributed by atoms with Gasteiger partial charge in [0.15, 0.2) is 0 Å². The molecule has 0 aliphatic rings. The first-order valence-electron chi connectivity index (χ1n) is 6.93. The zero-order chi connectivity index (χ0) is 14.2. The van der Waals surface area contributed by atoms with Crippen molar-refractivity contribution in [1.82, 2.24) is 10.2 Å². The quantitative estimate of drug-likeness (QED) is 0.741. The maximum Gasteiger partial charge on any atom is 0.311 e.